The summed E-state index contributed by atoms with van der Waals surface area (Å²) >= 11 is 11.9. The van der Waals surface area contributed by atoms with Crippen molar-refractivity contribution in [3.8, 4) is 0 Å². The molecule has 1 aromatic carbocycles. The van der Waals surface area contributed by atoms with Crippen LogP contribution in [0.5, 0.6) is 0 Å². The molecule has 1 atom stereocenters. The zero-order valence-corrected chi connectivity index (χ0v) is 9.49. The first-order valence-electron chi connectivity index (χ1n) is 4.48. The molecular weight excluding hydrogens is 203 g/mol. The Hall–Kier alpha value is -0.200. The van der Waals surface area contributed by atoms with Crippen LogP contribution in [0.3, 0.4) is 0 Å². The zero-order chi connectivity index (χ0) is 9.84. The Morgan fingerprint density at radius 2 is 2.08 bits per heavy atom. The van der Waals surface area contributed by atoms with Gasteiger partial charge in [0.1, 0.15) is 0 Å². The van der Waals surface area contributed by atoms with Gasteiger partial charge in [-0.3, -0.25) is 0 Å². The molecule has 0 aromatic heterocycles. The fourth-order valence-corrected chi connectivity index (χ4v) is 1.65. The van der Waals surface area contributed by atoms with E-state index in [1.807, 2.05) is 19.9 Å². The minimum Gasteiger partial charge on any atom is -0.123 e. The molecule has 0 aliphatic carbocycles. The topological polar surface area (TPSA) is 0 Å². The number of halogens is 2. The highest BCUT2D eigenvalue weighted by molar-refractivity contribution is 6.31. The van der Waals surface area contributed by atoms with Crippen LogP contribution in [-0.4, -0.2) is 5.38 Å². The third kappa shape index (κ3) is 3.58. The summed E-state index contributed by atoms with van der Waals surface area (Å²) in [6.45, 7) is 4.05. The molecule has 1 unspecified atom stereocenters. The third-order valence-electron chi connectivity index (χ3n) is 2.02. The Morgan fingerprint density at radius 1 is 1.38 bits per heavy atom. The molecule has 0 saturated carbocycles. The maximum Gasteiger partial charge on any atom is 0.0440 e. The van der Waals surface area contributed by atoms with E-state index >= 15 is 0 Å². The molecular formula is C11H14Cl2. The highest BCUT2D eigenvalue weighted by Gasteiger charge is 2.02. The molecule has 72 valence electrons. The SMILES string of the molecule is Cc1ccc(CCC(C)Cl)c(Cl)c1. The van der Waals surface area contributed by atoms with Crippen LogP contribution in [0.4, 0.5) is 0 Å². The third-order valence-corrected chi connectivity index (χ3v) is 2.59. The van der Waals surface area contributed by atoms with E-state index in [0.29, 0.717) is 0 Å². The van der Waals surface area contributed by atoms with Crippen molar-refractivity contribution in [2.24, 2.45) is 0 Å². The van der Waals surface area contributed by atoms with Crippen molar-refractivity contribution in [1.82, 2.24) is 0 Å². The van der Waals surface area contributed by atoms with Crippen LogP contribution in [0.15, 0.2) is 18.2 Å². The molecule has 1 rings (SSSR count). The van der Waals surface area contributed by atoms with Crippen molar-refractivity contribution in [3.63, 3.8) is 0 Å². The van der Waals surface area contributed by atoms with Gasteiger partial charge in [-0.25, -0.2) is 0 Å². The highest BCUT2D eigenvalue weighted by atomic mass is 35.5. The zero-order valence-electron chi connectivity index (χ0n) is 7.98. The lowest BCUT2D eigenvalue weighted by Crippen LogP contribution is -1.95. The van der Waals surface area contributed by atoms with Gasteiger partial charge in [0.05, 0.1) is 0 Å². The van der Waals surface area contributed by atoms with Crippen molar-refractivity contribution in [3.05, 3.63) is 34.3 Å². The first-order valence-corrected chi connectivity index (χ1v) is 5.30. The standard InChI is InChI=1S/C11H14Cl2/c1-8-3-5-10(11(13)7-8)6-4-9(2)12/h3,5,7,9H,4,6H2,1-2H3. The summed E-state index contributed by atoms with van der Waals surface area (Å²) in [6.07, 6.45) is 1.94. The second-order valence-electron chi connectivity index (χ2n) is 3.41. The molecule has 0 amide bonds. The van der Waals surface area contributed by atoms with E-state index in [0.717, 1.165) is 17.9 Å². The van der Waals surface area contributed by atoms with Gasteiger partial charge in [-0.15, -0.1) is 11.6 Å². The lowest BCUT2D eigenvalue weighted by molar-refractivity contribution is 0.803. The van der Waals surface area contributed by atoms with Gasteiger partial charge >= 0.3 is 0 Å². The van der Waals surface area contributed by atoms with Crippen molar-refractivity contribution in [2.45, 2.75) is 32.1 Å². The lowest BCUT2D eigenvalue weighted by Gasteiger charge is -2.06. The van der Waals surface area contributed by atoms with E-state index in [4.69, 9.17) is 23.2 Å². The summed E-state index contributed by atoms with van der Waals surface area (Å²) in [5, 5.41) is 1.08. The molecule has 0 aliphatic rings. The molecule has 0 N–H and O–H groups in total. The predicted molar refractivity (Wildman–Crippen MR) is 59.8 cm³/mol. The van der Waals surface area contributed by atoms with E-state index in [9.17, 15) is 0 Å². The number of rotatable bonds is 3. The maximum atomic E-state index is 6.07. The predicted octanol–water partition coefficient (Wildman–Crippen LogP) is 4.21. The van der Waals surface area contributed by atoms with Crippen LogP contribution < -0.4 is 0 Å². The first-order chi connectivity index (χ1) is 6.09. The van der Waals surface area contributed by atoms with Gasteiger partial charge in [-0.2, -0.15) is 0 Å². The fraction of sp³-hybridized carbons (Fsp3) is 0.455. The molecule has 1 aromatic rings. The number of aryl methyl sites for hydroxylation is 2. The van der Waals surface area contributed by atoms with Crippen LogP contribution in [0.2, 0.25) is 5.02 Å². The van der Waals surface area contributed by atoms with Crippen molar-refractivity contribution in [2.75, 3.05) is 0 Å². The maximum absolute atomic E-state index is 6.07. The van der Waals surface area contributed by atoms with E-state index in [2.05, 4.69) is 12.1 Å². The van der Waals surface area contributed by atoms with Gasteiger partial charge in [0, 0.05) is 10.4 Å². The molecule has 0 heterocycles. The summed E-state index contributed by atoms with van der Waals surface area (Å²) in [5.74, 6) is 0. The summed E-state index contributed by atoms with van der Waals surface area (Å²) < 4.78 is 0. The Kier molecular flexibility index (Phi) is 4.08. The molecule has 0 saturated heterocycles. The summed E-state index contributed by atoms with van der Waals surface area (Å²) in [7, 11) is 0. The van der Waals surface area contributed by atoms with Crippen LogP contribution in [0.25, 0.3) is 0 Å². The molecule has 2 heteroatoms. The Bertz CT molecular complexity index is 279. The Morgan fingerprint density at radius 3 is 2.62 bits per heavy atom. The molecule has 0 radical (unpaired) electrons. The van der Waals surface area contributed by atoms with Gasteiger partial charge in [0.15, 0.2) is 0 Å². The summed E-state index contributed by atoms with van der Waals surface area (Å²) in [4.78, 5) is 0. The van der Waals surface area contributed by atoms with Gasteiger partial charge < -0.3 is 0 Å². The Labute approximate surface area is 89.9 Å². The smallest absolute Gasteiger partial charge is 0.0440 e. The van der Waals surface area contributed by atoms with Gasteiger partial charge in [-0.1, -0.05) is 23.7 Å². The van der Waals surface area contributed by atoms with Crippen LogP contribution >= 0.6 is 23.2 Å². The van der Waals surface area contributed by atoms with E-state index < -0.39 is 0 Å². The van der Waals surface area contributed by atoms with Crippen LogP contribution in [0.1, 0.15) is 24.5 Å². The van der Waals surface area contributed by atoms with E-state index in [-0.39, 0.29) is 5.38 Å². The number of hydrogen-bond acceptors (Lipinski definition) is 0. The van der Waals surface area contributed by atoms with Gasteiger partial charge in [-0.05, 0) is 43.9 Å². The lowest BCUT2D eigenvalue weighted by atomic mass is 10.1. The van der Waals surface area contributed by atoms with Crippen molar-refractivity contribution in [1.29, 1.82) is 0 Å². The van der Waals surface area contributed by atoms with Crippen LogP contribution in [0, 0.1) is 6.92 Å². The van der Waals surface area contributed by atoms with E-state index in [1.165, 1.54) is 11.1 Å². The Balaban J connectivity index is 2.67. The number of benzene rings is 1. The normalized spacial score (nSPS) is 12.9. The second kappa shape index (κ2) is 4.88. The second-order valence-corrected chi connectivity index (χ2v) is 4.57. The van der Waals surface area contributed by atoms with Gasteiger partial charge in [0.2, 0.25) is 0 Å². The largest absolute Gasteiger partial charge is 0.123 e. The molecule has 0 bridgehead atoms. The monoisotopic (exact) mass is 216 g/mol. The summed E-state index contributed by atoms with van der Waals surface area (Å²) in [6, 6.07) is 6.16. The van der Waals surface area contributed by atoms with E-state index in [1.54, 1.807) is 0 Å². The molecule has 0 nitrogen and oxygen atoms in total. The average molecular weight is 217 g/mol. The van der Waals surface area contributed by atoms with Gasteiger partial charge in [0.25, 0.3) is 0 Å². The average Bonchev–Trinajstić information content (AvgIpc) is 2.02. The number of hydrogen-bond donors (Lipinski definition) is 0. The molecule has 13 heavy (non-hydrogen) atoms. The molecule has 0 spiro atoms. The molecule has 0 fully saturated rings. The van der Waals surface area contributed by atoms with Crippen LogP contribution in [-0.2, 0) is 6.42 Å². The number of alkyl halides is 1. The van der Waals surface area contributed by atoms with Crippen molar-refractivity contribution >= 4 is 23.2 Å². The minimum atomic E-state index is 0.220. The quantitative estimate of drug-likeness (QED) is 0.665. The van der Waals surface area contributed by atoms with Crippen molar-refractivity contribution < 1.29 is 0 Å². The fourth-order valence-electron chi connectivity index (χ4n) is 1.21. The summed E-state index contributed by atoms with van der Waals surface area (Å²) in [5.41, 5.74) is 2.40. The highest BCUT2D eigenvalue weighted by Crippen LogP contribution is 2.20. The minimum absolute atomic E-state index is 0.220. The molecule has 0 aliphatic heterocycles. The first kappa shape index (κ1) is 10.9.